The van der Waals surface area contributed by atoms with E-state index in [1.54, 1.807) is 18.2 Å². The number of carbonyl (C=O) groups excluding carboxylic acids is 1. The van der Waals surface area contributed by atoms with Gasteiger partial charge in [-0.15, -0.1) is 0 Å². The summed E-state index contributed by atoms with van der Waals surface area (Å²) < 4.78 is 51.5. The minimum atomic E-state index is -3.64. The van der Waals surface area contributed by atoms with Gasteiger partial charge in [-0.25, -0.2) is 13.1 Å². The van der Waals surface area contributed by atoms with E-state index in [-0.39, 0.29) is 18.9 Å². The molecule has 8 nitrogen and oxygen atoms in total. The molecule has 0 saturated heterocycles. The Labute approximate surface area is 137 Å². The predicted octanol–water partition coefficient (Wildman–Crippen LogP) is 0.0512. The van der Waals surface area contributed by atoms with Crippen LogP contribution in [0.25, 0.3) is 0 Å². The van der Waals surface area contributed by atoms with E-state index < -0.39 is 20.2 Å². The molecular formula is C13H21N3O5S2. The highest BCUT2D eigenvalue weighted by Gasteiger charge is 2.20. The van der Waals surface area contributed by atoms with Crippen molar-refractivity contribution in [1.29, 1.82) is 0 Å². The third kappa shape index (κ3) is 5.57. The number of benzene rings is 1. The average Bonchev–Trinajstić information content (AvgIpc) is 2.42. The van der Waals surface area contributed by atoms with Crippen LogP contribution < -0.4 is 9.03 Å². The summed E-state index contributed by atoms with van der Waals surface area (Å²) >= 11 is 0. The lowest BCUT2D eigenvalue weighted by atomic mass is 10.1. The van der Waals surface area contributed by atoms with Gasteiger partial charge in [-0.2, -0.15) is 12.7 Å². The lowest BCUT2D eigenvalue weighted by Gasteiger charge is -2.23. The summed E-state index contributed by atoms with van der Waals surface area (Å²) in [7, 11) is -4.52. The van der Waals surface area contributed by atoms with Crippen LogP contribution in [-0.4, -0.2) is 60.4 Å². The van der Waals surface area contributed by atoms with Gasteiger partial charge in [-0.05, 0) is 19.1 Å². The van der Waals surface area contributed by atoms with E-state index in [0.29, 0.717) is 11.3 Å². The van der Waals surface area contributed by atoms with Crippen LogP contribution in [0.15, 0.2) is 24.3 Å². The Hall–Kier alpha value is -1.49. The molecule has 0 bridgehead atoms. The summed E-state index contributed by atoms with van der Waals surface area (Å²) in [5.74, 6) is -0.186. The van der Waals surface area contributed by atoms with Gasteiger partial charge < -0.3 is 0 Å². The summed E-state index contributed by atoms with van der Waals surface area (Å²) in [6.45, 7) is 1.19. The average molecular weight is 363 g/mol. The Bertz CT molecular complexity index is 773. The fraction of sp³-hybridized carbons (Fsp3) is 0.462. The van der Waals surface area contributed by atoms with Crippen molar-refractivity contribution in [1.82, 2.24) is 9.03 Å². The minimum Gasteiger partial charge on any atom is -0.295 e. The van der Waals surface area contributed by atoms with E-state index >= 15 is 0 Å². The second kappa shape index (κ2) is 7.39. The Kier molecular flexibility index (Phi) is 6.28. The summed E-state index contributed by atoms with van der Waals surface area (Å²) in [6, 6.07) is 6.17. The van der Waals surface area contributed by atoms with Gasteiger partial charge in [0.05, 0.1) is 11.9 Å². The van der Waals surface area contributed by atoms with Crippen LogP contribution >= 0.6 is 0 Å². The number of anilines is 1. The number of hydrogen-bond donors (Lipinski definition) is 1. The Morgan fingerprint density at radius 1 is 1.17 bits per heavy atom. The maximum atomic E-state index is 12.0. The van der Waals surface area contributed by atoms with Gasteiger partial charge in [0, 0.05) is 32.7 Å². The lowest BCUT2D eigenvalue weighted by molar-refractivity contribution is 0.101. The van der Waals surface area contributed by atoms with E-state index in [1.807, 2.05) is 0 Å². The lowest BCUT2D eigenvalue weighted by Crippen LogP contribution is -2.42. The van der Waals surface area contributed by atoms with Gasteiger partial charge in [-0.3, -0.25) is 9.10 Å². The van der Waals surface area contributed by atoms with Crippen molar-refractivity contribution >= 4 is 31.7 Å². The Morgan fingerprint density at radius 2 is 1.78 bits per heavy atom. The van der Waals surface area contributed by atoms with Crippen molar-refractivity contribution in [3.05, 3.63) is 29.8 Å². The van der Waals surface area contributed by atoms with E-state index in [9.17, 15) is 21.6 Å². The third-order valence-corrected chi connectivity index (χ3v) is 5.75. The third-order valence-electron chi connectivity index (χ3n) is 3.02. The molecular weight excluding hydrogens is 342 g/mol. The summed E-state index contributed by atoms with van der Waals surface area (Å²) in [5, 5.41) is 0. The maximum Gasteiger partial charge on any atom is 0.278 e. The molecule has 0 aliphatic heterocycles. The van der Waals surface area contributed by atoms with E-state index in [0.717, 1.165) is 14.9 Å². The topological polar surface area (TPSA) is 104 Å². The van der Waals surface area contributed by atoms with Gasteiger partial charge in [0.1, 0.15) is 0 Å². The highest BCUT2D eigenvalue weighted by molar-refractivity contribution is 7.92. The quantitative estimate of drug-likeness (QED) is 0.657. The molecule has 0 aromatic heterocycles. The first-order valence-electron chi connectivity index (χ1n) is 6.71. The standard InChI is InChI=1S/C13H21N3O5S2/c1-11(17)12-6-5-7-13(10-12)16(22(4,18)19)9-8-14-23(20,21)15(2)3/h5-7,10,14H,8-9H2,1-4H3. The molecule has 10 heteroatoms. The zero-order valence-corrected chi connectivity index (χ0v) is 15.1. The molecule has 0 heterocycles. The first kappa shape index (κ1) is 19.6. The molecule has 0 aliphatic rings. The van der Waals surface area contributed by atoms with Crippen molar-refractivity contribution in [2.75, 3.05) is 37.7 Å². The molecule has 1 rings (SSSR count). The first-order chi connectivity index (χ1) is 10.4. The zero-order chi connectivity index (χ0) is 17.8. The molecule has 0 aliphatic carbocycles. The number of sulfonamides is 1. The fourth-order valence-corrected chi connectivity index (χ4v) is 3.30. The van der Waals surface area contributed by atoms with E-state index in [2.05, 4.69) is 4.72 Å². The van der Waals surface area contributed by atoms with Crippen LogP contribution in [0.2, 0.25) is 0 Å². The molecule has 23 heavy (non-hydrogen) atoms. The maximum absolute atomic E-state index is 12.0. The van der Waals surface area contributed by atoms with Crippen molar-refractivity contribution in [3.63, 3.8) is 0 Å². The molecule has 1 N–H and O–H groups in total. The highest BCUT2D eigenvalue weighted by atomic mass is 32.2. The van der Waals surface area contributed by atoms with Gasteiger partial charge in [-0.1, -0.05) is 12.1 Å². The smallest absolute Gasteiger partial charge is 0.278 e. The monoisotopic (exact) mass is 363 g/mol. The molecule has 0 atom stereocenters. The summed E-state index contributed by atoms with van der Waals surface area (Å²) in [6.07, 6.45) is 1.02. The largest absolute Gasteiger partial charge is 0.295 e. The first-order valence-corrected chi connectivity index (χ1v) is 10.00. The number of carbonyl (C=O) groups is 1. The van der Waals surface area contributed by atoms with Crippen molar-refractivity contribution in [2.45, 2.75) is 6.92 Å². The minimum absolute atomic E-state index is 0.0900. The van der Waals surface area contributed by atoms with Crippen LogP contribution in [0.1, 0.15) is 17.3 Å². The van der Waals surface area contributed by atoms with Crippen LogP contribution in [0.3, 0.4) is 0 Å². The van der Waals surface area contributed by atoms with Crippen LogP contribution in [0, 0.1) is 0 Å². The van der Waals surface area contributed by atoms with Crippen LogP contribution in [0.4, 0.5) is 5.69 Å². The summed E-state index contributed by atoms with van der Waals surface area (Å²) in [5.41, 5.74) is 0.689. The molecule has 0 unspecified atom stereocenters. The molecule has 0 saturated carbocycles. The Morgan fingerprint density at radius 3 is 2.26 bits per heavy atom. The molecule has 0 radical (unpaired) electrons. The molecule has 130 valence electrons. The van der Waals surface area contributed by atoms with E-state index in [1.165, 1.54) is 27.1 Å². The molecule has 0 amide bonds. The number of rotatable bonds is 8. The SMILES string of the molecule is CC(=O)c1cccc(N(CCNS(=O)(=O)N(C)C)S(C)(=O)=O)c1. The van der Waals surface area contributed by atoms with E-state index in [4.69, 9.17) is 0 Å². The molecule has 0 spiro atoms. The second-order valence-electron chi connectivity index (χ2n) is 5.12. The summed E-state index contributed by atoms with van der Waals surface area (Å²) in [4.78, 5) is 11.4. The predicted molar refractivity (Wildman–Crippen MR) is 89.2 cm³/mol. The van der Waals surface area contributed by atoms with Gasteiger partial charge >= 0.3 is 0 Å². The van der Waals surface area contributed by atoms with Gasteiger partial charge in [0.2, 0.25) is 10.0 Å². The number of Topliss-reactive ketones (excluding diaryl/α,β-unsaturated/α-hetero) is 1. The zero-order valence-electron chi connectivity index (χ0n) is 13.5. The number of nitrogens with zero attached hydrogens (tertiary/aromatic N) is 2. The normalized spacial score (nSPS) is 12.4. The molecule has 0 fully saturated rings. The molecule has 1 aromatic carbocycles. The highest BCUT2D eigenvalue weighted by Crippen LogP contribution is 2.19. The number of ketones is 1. The van der Waals surface area contributed by atoms with Crippen molar-refractivity contribution in [2.24, 2.45) is 0 Å². The van der Waals surface area contributed by atoms with Crippen molar-refractivity contribution < 1.29 is 21.6 Å². The van der Waals surface area contributed by atoms with Crippen LogP contribution in [-0.2, 0) is 20.2 Å². The second-order valence-corrected chi connectivity index (χ2v) is 9.00. The van der Waals surface area contributed by atoms with Gasteiger partial charge in [0.25, 0.3) is 10.2 Å². The van der Waals surface area contributed by atoms with Crippen molar-refractivity contribution in [3.8, 4) is 0 Å². The Balaban J connectivity index is 3.00. The van der Waals surface area contributed by atoms with Crippen LogP contribution in [0.5, 0.6) is 0 Å². The fourth-order valence-electron chi connectivity index (χ4n) is 1.77. The molecule has 1 aromatic rings. The number of hydrogen-bond acceptors (Lipinski definition) is 5. The number of nitrogens with one attached hydrogen (secondary N) is 1. The van der Waals surface area contributed by atoms with Gasteiger partial charge in [0.15, 0.2) is 5.78 Å².